The molecule has 4 rings (SSSR count). The zero-order chi connectivity index (χ0) is 17.3. The first-order valence-corrected chi connectivity index (χ1v) is 9.03. The molecule has 1 atom stereocenters. The van der Waals surface area contributed by atoms with Crippen LogP contribution >= 0.6 is 0 Å². The van der Waals surface area contributed by atoms with E-state index in [2.05, 4.69) is 10.3 Å². The van der Waals surface area contributed by atoms with Crippen molar-refractivity contribution in [3.63, 3.8) is 0 Å². The maximum Gasteiger partial charge on any atom is 0.229 e. The van der Waals surface area contributed by atoms with Gasteiger partial charge in [0.1, 0.15) is 5.82 Å². The van der Waals surface area contributed by atoms with Crippen molar-refractivity contribution in [3.05, 3.63) is 48.0 Å². The van der Waals surface area contributed by atoms with Crippen LogP contribution < -0.4 is 0 Å². The van der Waals surface area contributed by atoms with Crippen LogP contribution in [-0.2, 0) is 17.8 Å². The molecule has 1 aromatic carbocycles. The number of hydrogen-bond acceptors (Lipinski definition) is 3. The molecule has 0 bridgehead atoms. The summed E-state index contributed by atoms with van der Waals surface area (Å²) < 4.78 is 15.8. The van der Waals surface area contributed by atoms with Gasteiger partial charge in [0.25, 0.3) is 0 Å². The summed E-state index contributed by atoms with van der Waals surface area (Å²) >= 11 is 0. The first-order chi connectivity index (χ1) is 12.2. The number of likely N-dealkylation sites (tertiary alicyclic amines) is 1. The van der Waals surface area contributed by atoms with Crippen LogP contribution in [0.3, 0.4) is 0 Å². The maximum absolute atomic E-state index is 14.0. The second-order valence-electron chi connectivity index (χ2n) is 7.43. The van der Waals surface area contributed by atoms with Gasteiger partial charge in [-0.3, -0.25) is 9.48 Å². The third kappa shape index (κ3) is 3.43. The summed E-state index contributed by atoms with van der Waals surface area (Å²) in [6, 6.07) is 6.81. The Hall–Kier alpha value is -2.24. The van der Waals surface area contributed by atoms with Crippen molar-refractivity contribution in [3.8, 4) is 0 Å². The molecule has 1 aliphatic heterocycles. The van der Waals surface area contributed by atoms with Gasteiger partial charge in [-0.1, -0.05) is 23.4 Å². The first kappa shape index (κ1) is 16.2. The van der Waals surface area contributed by atoms with E-state index < -0.39 is 0 Å². The van der Waals surface area contributed by atoms with Crippen LogP contribution in [0.2, 0.25) is 0 Å². The molecular weight excluding hydrogens is 319 g/mol. The van der Waals surface area contributed by atoms with Gasteiger partial charge in [0, 0.05) is 25.8 Å². The van der Waals surface area contributed by atoms with Crippen LogP contribution in [-0.4, -0.2) is 38.9 Å². The van der Waals surface area contributed by atoms with E-state index >= 15 is 0 Å². The lowest BCUT2D eigenvalue weighted by atomic mass is 9.91. The molecule has 0 spiro atoms. The summed E-state index contributed by atoms with van der Waals surface area (Å²) in [5.41, 5.74) is 0.279. The Bertz CT molecular complexity index is 742. The van der Waals surface area contributed by atoms with Gasteiger partial charge >= 0.3 is 0 Å². The lowest BCUT2D eigenvalue weighted by Crippen LogP contribution is -2.45. The average Bonchev–Trinajstić information content (AvgIpc) is 3.23. The molecule has 2 heterocycles. The number of benzene rings is 1. The molecule has 6 heteroatoms. The Balaban J connectivity index is 1.42. The van der Waals surface area contributed by atoms with Crippen LogP contribution in [0.4, 0.5) is 4.39 Å². The van der Waals surface area contributed by atoms with Gasteiger partial charge in [-0.05, 0) is 49.7 Å². The maximum atomic E-state index is 14.0. The highest BCUT2D eigenvalue weighted by Crippen LogP contribution is 2.50. The second kappa shape index (κ2) is 6.58. The topological polar surface area (TPSA) is 51.0 Å². The van der Waals surface area contributed by atoms with Gasteiger partial charge in [0.2, 0.25) is 5.91 Å². The van der Waals surface area contributed by atoms with Crippen molar-refractivity contribution < 1.29 is 9.18 Å². The zero-order valence-corrected chi connectivity index (χ0v) is 14.3. The van der Waals surface area contributed by atoms with Crippen molar-refractivity contribution in [1.29, 1.82) is 0 Å². The summed E-state index contributed by atoms with van der Waals surface area (Å²) in [5.74, 6) is 0.409. The van der Waals surface area contributed by atoms with Gasteiger partial charge in [0.15, 0.2) is 0 Å². The van der Waals surface area contributed by atoms with Gasteiger partial charge in [-0.2, -0.15) is 0 Å². The van der Waals surface area contributed by atoms with Gasteiger partial charge in [0.05, 0.1) is 11.6 Å². The minimum atomic E-state index is -0.378. The summed E-state index contributed by atoms with van der Waals surface area (Å²) in [6.45, 7) is 2.37. The highest BCUT2D eigenvalue weighted by Gasteiger charge is 2.52. The molecule has 2 aliphatic rings. The molecule has 1 aromatic heterocycles. The average molecular weight is 342 g/mol. The quantitative estimate of drug-likeness (QED) is 0.839. The van der Waals surface area contributed by atoms with Gasteiger partial charge < -0.3 is 4.90 Å². The lowest BCUT2D eigenvalue weighted by molar-refractivity contribution is -0.139. The molecule has 1 amide bonds. The number of aromatic nitrogens is 3. The highest BCUT2D eigenvalue weighted by atomic mass is 19.1. The third-order valence-electron chi connectivity index (χ3n) is 5.52. The van der Waals surface area contributed by atoms with E-state index in [1.165, 1.54) is 6.07 Å². The number of halogens is 1. The van der Waals surface area contributed by atoms with E-state index in [9.17, 15) is 9.18 Å². The number of nitrogens with zero attached hydrogens (tertiary/aromatic N) is 4. The molecule has 2 aromatic rings. The van der Waals surface area contributed by atoms with E-state index in [0.29, 0.717) is 17.9 Å². The number of hydrogen-bond donors (Lipinski definition) is 0. The van der Waals surface area contributed by atoms with Crippen molar-refractivity contribution in [2.24, 2.45) is 11.3 Å². The molecule has 1 aliphatic carbocycles. The minimum absolute atomic E-state index is 0.204. The molecule has 1 unspecified atom stereocenters. The Morgan fingerprint density at radius 1 is 1.32 bits per heavy atom. The molecule has 1 saturated carbocycles. The molecule has 2 fully saturated rings. The van der Waals surface area contributed by atoms with Crippen molar-refractivity contribution >= 4 is 5.91 Å². The van der Waals surface area contributed by atoms with E-state index in [-0.39, 0.29) is 17.1 Å². The van der Waals surface area contributed by atoms with Crippen LogP contribution in [0.1, 0.15) is 31.2 Å². The minimum Gasteiger partial charge on any atom is -0.342 e. The Labute approximate surface area is 146 Å². The van der Waals surface area contributed by atoms with Crippen molar-refractivity contribution in [2.45, 2.75) is 38.6 Å². The largest absolute Gasteiger partial charge is 0.342 e. The predicted molar refractivity (Wildman–Crippen MR) is 91.1 cm³/mol. The van der Waals surface area contributed by atoms with Crippen LogP contribution in [0.15, 0.2) is 36.7 Å². The fourth-order valence-corrected chi connectivity index (χ4v) is 3.95. The smallest absolute Gasteiger partial charge is 0.229 e. The Morgan fingerprint density at radius 2 is 2.16 bits per heavy atom. The van der Waals surface area contributed by atoms with Crippen molar-refractivity contribution in [1.82, 2.24) is 19.9 Å². The number of carbonyl (C=O) groups excluding carboxylic acids is 1. The fraction of sp³-hybridized carbons (Fsp3) is 0.526. The summed E-state index contributed by atoms with van der Waals surface area (Å²) in [7, 11) is 0. The normalized spacial score (nSPS) is 22.0. The third-order valence-corrected chi connectivity index (χ3v) is 5.52. The zero-order valence-electron chi connectivity index (χ0n) is 14.3. The second-order valence-corrected chi connectivity index (χ2v) is 7.43. The van der Waals surface area contributed by atoms with E-state index in [4.69, 9.17) is 0 Å². The number of carbonyl (C=O) groups is 1. The van der Waals surface area contributed by atoms with E-state index in [1.54, 1.807) is 18.3 Å². The molecule has 0 radical (unpaired) electrons. The van der Waals surface area contributed by atoms with E-state index in [0.717, 1.165) is 45.3 Å². The Kier molecular flexibility index (Phi) is 4.27. The molecule has 0 N–H and O–H groups in total. The van der Waals surface area contributed by atoms with E-state index in [1.807, 2.05) is 21.8 Å². The number of amides is 1. The molecular formula is C19H23FN4O. The van der Waals surface area contributed by atoms with Crippen LogP contribution in [0, 0.1) is 17.2 Å². The number of rotatable bonds is 5. The first-order valence-electron chi connectivity index (χ1n) is 9.03. The summed E-state index contributed by atoms with van der Waals surface area (Å²) in [4.78, 5) is 15.1. The van der Waals surface area contributed by atoms with Crippen LogP contribution in [0.25, 0.3) is 0 Å². The lowest BCUT2D eigenvalue weighted by Gasteiger charge is -2.35. The predicted octanol–water partition coefficient (Wildman–Crippen LogP) is 2.68. The SMILES string of the molecule is O=C(N1CCCC(Cn2ccnn2)C1)C1(Cc2ccccc2F)CC1. The monoisotopic (exact) mass is 342 g/mol. The molecule has 1 saturated heterocycles. The van der Waals surface area contributed by atoms with Crippen LogP contribution in [0.5, 0.6) is 0 Å². The van der Waals surface area contributed by atoms with Crippen molar-refractivity contribution in [2.75, 3.05) is 13.1 Å². The summed E-state index contributed by atoms with van der Waals surface area (Å²) in [6.07, 6.45) is 7.91. The molecule has 25 heavy (non-hydrogen) atoms. The summed E-state index contributed by atoms with van der Waals surface area (Å²) in [5, 5.41) is 7.87. The highest BCUT2D eigenvalue weighted by molar-refractivity contribution is 5.85. The Morgan fingerprint density at radius 3 is 2.88 bits per heavy atom. The van der Waals surface area contributed by atoms with Gasteiger partial charge in [-0.25, -0.2) is 4.39 Å². The molecule has 132 valence electrons. The van der Waals surface area contributed by atoms with Gasteiger partial charge in [-0.15, -0.1) is 5.10 Å². The molecule has 5 nitrogen and oxygen atoms in total. The fourth-order valence-electron chi connectivity index (χ4n) is 3.95. The number of piperidine rings is 1. The standard InChI is InChI=1S/C19H23FN4O/c20-17-6-2-1-5-16(17)12-19(7-8-19)18(25)23-10-3-4-15(13-23)14-24-11-9-21-22-24/h1-2,5-6,9,11,15H,3-4,7-8,10,12-14H2.